The Morgan fingerprint density at radius 1 is 0.893 bits per heavy atom. The van der Waals surface area contributed by atoms with Crippen molar-refractivity contribution in [2.75, 3.05) is 11.1 Å². The first-order valence-electron chi connectivity index (χ1n) is 9.53. The average molecular weight is 376 g/mol. The van der Waals surface area contributed by atoms with Crippen LogP contribution in [0.2, 0.25) is 0 Å². The lowest BCUT2D eigenvalue weighted by Gasteiger charge is -2.07. The minimum Gasteiger partial charge on any atom is -0.397 e. The normalized spacial score (nSPS) is 10.7. The number of nitrogen functional groups attached to an aromatic ring is 1. The number of benzene rings is 2. The Balaban J connectivity index is 1.37. The maximum Gasteiger partial charge on any atom is 0.224 e. The predicted molar refractivity (Wildman–Crippen MR) is 111 cm³/mol. The molecule has 0 aliphatic carbocycles. The number of anilines is 2. The van der Waals surface area contributed by atoms with E-state index in [1.54, 1.807) is 18.3 Å². The number of nitrogens with two attached hydrogens (primary N) is 1. The highest BCUT2D eigenvalue weighted by Gasteiger charge is 2.11. The monoisotopic (exact) mass is 376 g/mol. The first-order chi connectivity index (χ1) is 13.6. The molecule has 0 aliphatic rings. The molecule has 0 aliphatic heterocycles. The van der Waals surface area contributed by atoms with Gasteiger partial charge in [0.25, 0.3) is 0 Å². The zero-order valence-corrected chi connectivity index (χ0v) is 15.7. The number of hydrogen-bond donors (Lipinski definition) is 2. The molecule has 0 unspecified atom stereocenters. The van der Waals surface area contributed by atoms with Crippen molar-refractivity contribution < 1.29 is 9.59 Å². The Morgan fingerprint density at radius 3 is 2.43 bits per heavy atom. The lowest BCUT2D eigenvalue weighted by molar-refractivity contribution is -0.116. The van der Waals surface area contributed by atoms with Crippen molar-refractivity contribution in [3.8, 4) is 0 Å². The molecule has 3 aromatic rings. The number of aromatic nitrogens is 2. The number of amides is 1. The van der Waals surface area contributed by atoms with E-state index >= 15 is 0 Å². The molecular formula is C22H24N4O2. The van der Waals surface area contributed by atoms with E-state index in [0.717, 1.165) is 36.6 Å². The lowest BCUT2D eigenvalue weighted by atomic mass is 10.0. The maximum atomic E-state index is 12.5. The Kier molecular flexibility index (Phi) is 6.68. The molecule has 1 amide bonds. The molecule has 0 bridgehead atoms. The fourth-order valence-corrected chi connectivity index (χ4v) is 3.11. The molecule has 1 heterocycles. The fourth-order valence-electron chi connectivity index (χ4n) is 3.11. The third kappa shape index (κ3) is 5.13. The van der Waals surface area contributed by atoms with Crippen LogP contribution in [0.3, 0.4) is 0 Å². The summed E-state index contributed by atoms with van der Waals surface area (Å²) in [5.41, 5.74) is 8.40. The van der Waals surface area contributed by atoms with Gasteiger partial charge in [0, 0.05) is 23.8 Å². The predicted octanol–water partition coefficient (Wildman–Crippen LogP) is 4.37. The van der Waals surface area contributed by atoms with E-state index in [1.807, 2.05) is 36.4 Å². The topological polar surface area (TPSA) is 98.0 Å². The second-order valence-electron chi connectivity index (χ2n) is 6.75. The molecule has 6 heteroatoms. The highest BCUT2D eigenvalue weighted by molar-refractivity contribution is 6.06. The van der Waals surface area contributed by atoms with Crippen molar-refractivity contribution in [2.45, 2.75) is 38.5 Å². The van der Waals surface area contributed by atoms with Crippen molar-refractivity contribution in [2.24, 2.45) is 0 Å². The molecule has 6 nitrogen and oxygen atoms in total. The van der Waals surface area contributed by atoms with Gasteiger partial charge in [-0.3, -0.25) is 9.59 Å². The van der Waals surface area contributed by atoms with Gasteiger partial charge in [-0.05, 0) is 31.0 Å². The smallest absolute Gasteiger partial charge is 0.224 e. The third-order valence-electron chi connectivity index (χ3n) is 4.64. The Hall–Kier alpha value is -3.28. The van der Waals surface area contributed by atoms with Gasteiger partial charge in [0.15, 0.2) is 5.78 Å². The van der Waals surface area contributed by atoms with Gasteiger partial charge >= 0.3 is 0 Å². The molecule has 0 saturated carbocycles. The largest absolute Gasteiger partial charge is 0.397 e. The number of carbonyl (C=O) groups excluding carboxylic acids is 2. The first kappa shape index (κ1) is 19.5. The first-order valence-corrected chi connectivity index (χ1v) is 9.53. The molecule has 0 spiro atoms. The summed E-state index contributed by atoms with van der Waals surface area (Å²) in [5.74, 6) is 0.0479. The zero-order chi connectivity index (χ0) is 19.8. The van der Waals surface area contributed by atoms with Gasteiger partial charge in [0.2, 0.25) is 5.91 Å². The van der Waals surface area contributed by atoms with Crippen LogP contribution in [0.25, 0.3) is 10.9 Å². The van der Waals surface area contributed by atoms with Crippen LogP contribution in [0.1, 0.15) is 48.9 Å². The minimum atomic E-state index is -0.0386. The highest BCUT2D eigenvalue weighted by atomic mass is 16.1. The summed E-state index contributed by atoms with van der Waals surface area (Å²) in [6.07, 6.45) is 5.85. The number of carbonyl (C=O) groups is 2. The molecule has 1 aromatic heterocycles. The number of Topliss-reactive ketones (excluding diaryl/α,β-unsaturated/α-hetero) is 1. The summed E-state index contributed by atoms with van der Waals surface area (Å²) in [6, 6.07) is 14.7. The molecule has 3 rings (SSSR count). The van der Waals surface area contributed by atoms with Crippen LogP contribution in [0.5, 0.6) is 0 Å². The molecular weight excluding hydrogens is 352 g/mol. The van der Waals surface area contributed by atoms with Crippen LogP contribution in [0.4, 0.5) is 11.4 Å². The summed E-state index contributed by atoms with van der Waals surface area (Å²) in [4.78, 5) is 24.5. The minimum absolute atomic E-state index is 0.0386. The number of para-hydroxylation sites is 2. The number of unbranched alkanes of at least 4 members (excludes halogenated alkanes) is 3. The standard InChI is InChI=1S/C22H24N4O2/c23-18-10-6-8-12-20(18)25-22(28)14-4-2-1-3-13-21(27)17-15-24-26-19-11-7-5-9-16(17)19/h5-12,15H,1-4,13-14,23H2,(H,25,28). The van der Waals surface area contributed by atoms with E-state index in [-0.39, 0.29) is 11.7 Å². The number of nitrogens with zero attached hydrogens (tertiary/aromatic N) is 2. The molecule has 28 heavy (non-hydrogen) atoms. The summed E-state index contributed by atoms with van der Waals surface area (Å²) in [5, 5.41) is 11.6. The average Bonchev–Trinajstić information content (AvgIpc) is 2.71. The van der Waals surface area contributed by atoms with E-state index in [2.05, 4.69) is 15.5 Å². The summed E-state index contributed by atoms with van der Waals surface area (Å²) < 4.78 is 0. The van der Waals surface area contributed by atoms with E-state index in [1.165, 1.54) is 0 Å². The summed E-state index contributed by atoms with van der Waals surface area (Å²) in [7, 11) is 0. The number of hydrogen-bond acceptors (Lipinski definition) is 5. The number of nitrogens with one attached hydrogen (secondary N) is 1. The SMILES string of the molecule is Nc1ccccc1NC(=O)CCCCCCC(=O)c1cnnc2ccccc12. The fraction of sp³-hybridized carbons (Fsp3) is 0.273. The van der Waals surface area contributed by atoms with Crippen LogP contribution < -0.4 is 11.1 Å². The number of ketones is 1. The Labute approximate surface area is 164 Å². The van der Waals surface area contributed by atoms with Gasteiger partial charge < -0.3 is 11.1 Å². The molecule has 0 fully saturated rings. The molecule has 0 atom stereocenters. The van der Waals surface area contributed by atoms with Gasteiger partial charge in [-0.25, -0.2) is 0 Å². The van der Waals surface area contributed by atoms with Gasteiger partial charge in [-0.2, -0.15) is 10.2 Å². The van der Waals surface area contributed by atoms with Gasteiger partial charge in [0.1, 0.15) is 0 Å². The van der Waals surface area contributed by atoms with E-state index in [0.29, 0.717) is 29.8 Å². The van der Waals surface area contributed by atoms with Crippen LogP contribution in [-0.2, 0) is 4.79 Å². The second kappa shape index (κ2) is 9.60. The molecule has 2 aromatic carbocycles. The van der Waals surface area contributed by atoms with Crippen molar-refractivity contribution in [1.82, 2.24) is 10.2 Å². The number of rotatable bonds is 9. The highest BCUT2D eigenvalue weighted by Crippen LogP contribution is 2.19. The van der Waals surface area contributed by atoms with E-state index in [9.17, 15) is 9.59 Å². The lowest BCUT2D eigenvalue weighted by Crippen LogP contribution is -2.12. The van der Waals surface area contributed by atoms with Crippen LogP contribution in [0.15, 0.2) is 54.7 Å². The van der Waals surface area contributed by atoms with Gasteiger partial charge in [-0.1, -0.05) is 43.2 Å². The van der Waals surface area contributed by atoms with E-state index < -0.39 is 0 Å². The molecule has 0 radical (unpaired) electrons. The van der Waals surface area contributed by atoms with Crippen molar-refractivity contribution in [3.05, 3.63) is 60.3 Å². The Bertz CT molecular complexity index is 966. The van der Waals surface area contributed by atoms with Gasteiger partial charge in [0.05, 0.1) is 23.1 Å². The third-order valence-corrected chi connectivity index (χ3v) is 4.64. The van der Waals surface area contributed by atoms with Crippen LogP contribution in [0, 0.1) is 0 Å². The quantitative estimate of drug-likeness (QED) is 0.328. The maximum absolute atomic E-state index is 12.5. The summed E-state index contributed by atoms with van der Waals surface area (Å²) in [6.45, 7) is 0. The Morgan fingerprint density at radius 2 is 1.61 bits per heavy atom. The van der Waals surface area contributed by atoms with Crippen molar-refractivity contribution in [3.63, 3.8) is 0 Å². The van der Waals surface area contributed by atoms with Crippen LogP contribution in [-0.4, -0.2) is 21.9 Å². The van der Waals surface area contributed by atoms with E-state index in [4.69, 9.17) is 5.73 Å². The zero-order valence-electron chi connectivity index (χ0n) is 15.7. The molecule has 3 N–H and O–H groups in total. The van der Waals surface area contributed by atoms with Crippen molar-refractivity contribution in [1.29, 1.82) is 0 Å². The summed E-state index contributed by atoms with van der Waals surface area (Å²) >= 11 is 0. The number of fused-ring (bicyclic) bond motifs is 1. The molecule has 0 saturated heterocycles. The second-order valence-corrected chi connectivity index (χ2v) is 6.75. The van der Waals surface area contributed by atoms with Crippen molar-refractivity contribution >= 4 is 34.0 Å². The van der Waals surface area contributed by atoms with Gasteiger partial charge in [-0.15, -0.1) is 0 Å². The molecule has 144 valence electrons. The van der Waals surface area contributed by atoms with Crippen LogP contribution >= 0.6 is 0 Å².